The zero-order valence-corrected chi connectivity index (χ0v) is 10.2. The van der Waals surface area contributed by atoms with Gasteiger partial charge in [-0.05, 0) is 12.1 Å². The van der Waals surface area contributed by atoms with Crippen molar-refractivity contribution in [3.05, 3.63) is 46.1 Å². The molecule has 0 aliphatic carbocycles. The molecule has 0 fully saturated rings. The number of benzene rings is 1. The summed E-state index contributed by atoms with van der Waals surface area (Å²) in [6, 6.07) is 4.37. The molecule has 0 atom stereocenters. The average molecular weight is 287 g/mol. The van der Waals surface area contributed by atoms with E-state index in [0.717, 1.165) is 6.33 Å². The molecule has 4 nitrogen and oxygen atoms in total. The summed E-state index contributed by atoms with van der Waals surface area (Å²) >= 11 is 11.5. The molecule has 0 aliphatic rings. The zero-order valence-electron chi connectivity index (χ0n) is 8.69. The highest BCUT2D eigenvalue weighted by molar-refractivity contribution is 6.42. The van der Waals surface area contributed by atoms with Crippen LogP contribution in [0, 0.1) is 5.82 Å². The van der Waals surface area contributed by atoms with Gasteiger partial charge >= 0.3 is 5.97 Å². The molecular weight excluding hydrogens is 282 g/mol. The Morgan fingerprint density at radius 3 is 2.56 bits per heavy atom. The lowest BCUT2D eigenvalue weighted by molar-refractivity contribution is 0.0684. The zero-order chi connectivity index (χ0) is 13.3. The molecule has 0 amide bonds. The van der Waals surface area contributed by atoms with Gasteiger partial charge < -0.3 is 5.11 Å². The molecule has 0 radical (unpaired) electrons. The number of aromatic carboxylic acids is 1. The second-order valence-corrected chi connectivity index (χ2v) is 4.13. The van der Waals surface area contributed by atoms with Crippen LogP contribution in [-0.4, -0.2) is 21.0 Å². The number of carboxylic acid groups (broad SMARTS) is 1. The normalized spacial score (nSPS) is 10.4. The molecule has 92 valence electrons. The minimum atomic E-state index is -1.46. The van der Waals surface area contributed by atoms with Crippen LogP contribution in [0.2, 0.25) is 10.0 Å². The SMILES string of the molecule is O=C(O)c1ncnc(-c2ccc(Cl)c(Cl)c2)c1F. The number of rotatable bonds is 2. The lowest BCUT2D eigenvalue weighted by Crippen LogP contribution is -2.06. The summed E-state index contributed by atoms with van der Waals surface area (Å²) in [5.74, 6) is -2.47. The minimum Gasteiger partial charge on any atom is -0.476 e. The lowest BCUT2D eigenvalue weighted by atomic mass is 10.1. The standard InChI is InChI=1S/C11H5Cl2FN2O2/c12-6-2-1-5(3-7(6)13)9-8(14)10(11(17)18)16-4-15-9/h1-4H,(H,17,18). The Morgan fingerprint density at radius 2 is 1.94 bits per heavy atom. The topological polar surface area (TPSA) is 63.1 Å². The van der Waals surface area contributed by atoms with E-state index in [1.807, 2.05) is 0 Å². The van der Waals surface area contributed by atoms with Crippen LogP contribution in [0.4, 0.5) is 4.39 Å². The maximum Gasteiger partial charge on any atom is 0.357 e. The highest BCUT2D eigenvalue weighted by Gasteiger charge is 2.18. The highest BCUT2D eigenvalue weighted by Crippen LogP contribution is 2.29. The number of carbonyl (C=O) groups is 1. The van der Waals surface area contributed by atoms with Crippen molar-refractivity contribution in [3.8, 4) is 11.3 Å². The van der Waals surface area contributed by atoms with E-state index in [4.69, 9.17) is 28.3 Å². The van der Waals surface area contributed by atoms with Crippen LogP contribution in [-0.2, 0) is 0 Å². The maximum atomic E-state index is 13.9. The van der Waals surface area contributed by atoms with Crippen LogP contribution in [0.1, 0.15) is 10.5 Å². The number of halogens is 3. The van der Waals surface area contributed by atoms with Crippen molar-refractivity contribution in [3.63, 3.8) is 0 Å². The summed E-state index contributed by atoms with van der Waals surface area (Å²) in [5.41, 5.74) is -0.501. The molecule has 0 unspecified atom stereocenters. The van der Waals surface area contributed by atoms with Gasteiger partial charge in [0.2, 0.25) is 0 Å². The van der Waals surface area contributed by atoms with Gasteiger partial charge in [-0.25, -0.2) is 19.2 Å². The third kappa shape index (κ3) is 2.27. The van der Waals surface area contributed by atoms with E-state index in [0.29, 0.717) is 10.6 Å². The van der Waals surface area contributed by atoms with Crippen LogP contribution in [0.15, 0.2) is 24.5 Å². The first-order valence-electron chi connectivity index (χ1n) is 4.70. The molecule has 1 aromatic carbocycles. The fourth-order valence-electron chi connectivity index (χ4n) is 1.36. The van der Waals surface area contributed by atoms with Crippen molar-refractivity contribution < 1.29 is 14.3 Å². The van der Waals surface area contributed by atoms with Crippen LogP contribution in [0.25, 0.3) is 11.3 Å². The van der Waals surface area contributed by atoms with Gasteiger partial charge in [-0.15, -0.1) is 0 Å². The van der Waals surface area contributed by atoms with Gasteiger partial charge in [0.05, 0.1) is 10.0 Å². The van der Waals surface area contributed by atoms with E-state index in [2.05, 4.69) is 9.97 Å². The molecule has 0 aliphatic heterocycles. The Balaban J connectivity index is 2.60. The van der Waals surface area contributed by atoms with Crippen molar-refractivity contribution in [2.75, 3.05) is 0 Å². The van der Waals surface area contributed by atoms with Crippen LogP contribution < -0.4 is 0 Å². The Morgan fingerprint density at radius 1 is 1.22 bits per heavy atom. The van der Waals surface area contributed by atoms with Crippen LogP contribution in [0.3, 0.4) is 0 Å². The Bertz CT molecular complexity index is 634. The fraction of sp³-hybridized carbons (Fsp3) is 0. The first-order chi connectivity index (χ1) is 8.50. The molecule has 0 saturated carbocycles. The summed E-state index contributed by atoms with van der Waals surface area (Å²) in [6.45, 7) is 0. The Labute approximate surface area is 111 Å². The van der Waals surface area contributed by atoms with E-state index < -0.39 is 17.5 Å². The predicted octanol–water partition coefficient (Wildman–Crippen LogP) is 3.29. The molecule has 0 bridgehead atoms. The first-order valence-corrected chi connectivity index (χ1v) is 5.45. The highest BCUT2D eigenvalue weighted by atomic mass is 35.5. The molecule has 2 rings (SSSR count). The quantitative estimate of drug-likeness (QED) is 0.920. The number of aromatic nitrogens is 2. The van der Waals surface area contributed by atoms with E-state index >= 15 is 0 Å². The average Bonchev–Trinajstić information content (AvgIpc) is 2.33. The maximum absolute atomic E-state index is 13.9. The predicted molar refractivity (Wildman–Crippen MR) is 64.4 cm³/mol. The summed E-state index contributed by atoms with van der Waals surface area (Å²) in [4.78, 5) is 17.8. The van der Waals surface area contributed by atoms with Crippen molar-refractivity contribution in [2.45, 2.75) is 0 Å². The summed E-state index contributed by atoms with van der Waals surface area (Å²) < 4.78 is 13.9. The van der Waals surface area contributed by atoms with Crippen LogP contribution >= 0.6 is 23.2 Å². The first kappa shape index (κ1) is 12.7. The summed E-state index contributed by atoms with van der Waals surface area (Å²) in [7, 11) is 0. The Kier molecular flexibility index (Phi) is 3.45. The molecule has 0 saturated heterocycles. The third-order valence-corrected chi connectivity index (χ3v) is 2.92. The van der Waals surface area contributed by atoms with Gasteiger partial charge in [-0.3, -0.25) is 0 Å². The molecule has 7 heteroatoms. The van der Waals surface area contributed by atoms with E-state index in [-0.39, 0.29) is 10.7 Å². The van der Waals surface area contributed by atoms with Crippen molar-refractivity contribution in [1.29, 1.82) is 0 Å². The van der Waals surface area contributed by atoms with Crippen molar-refractivity contribution in [1.82, 2.24) is 9.97 Å². The molecule has 1 aromatic heterocycles. The smallest absolute Gasteiger partial charge is 0.357 e. The monoisotopic (exact) mass is 286 g/mol. The van der Waals surface area contributed by atoms with Gasteiger partial charge in [0.25, 0.3) is 0 Å². The molecule has 0 spiro atoms. The minimum absolute atomic E-state index is 0.138. The van der Waals surface area contributed by atoms with Gasteiger partial charge in [-0.2, -0.15) is 0 Å². The molecule has 18 heavy (non-hydrogen) atoms. The largest absolute Gasteiger partial charge is 0.476 e. The van der Waals surface area contributed by atoms with Crippen molar-refractivity contribution in [2.24, 2.45) is 0 Å². The van der Waals surface area contributed by atoms with Gasteiger partial charge in [0.15, 0.2) is 11.5 Å². The van der Waals surface area contributed by atoms with Crippen molar-refractivity contribution >= 4 is 29.2 Å². The molecule has 1 N–H and O–H groups in total. The van der Waals surface area contributed by atoms with Gasteiger partial charge in [0.1, 0.15) is 12.0 Å². The second-order valence-electron chi connectivity index (χ2n) is 3.32. The van der Waals surface area contributed by atoms with Gasteiger partial charge in [-0.1, -0.05) is 29.3 Å². The fourth-order valence-corrected chi connectivity index (χ4v) is 1.66. The molecular formula is C11H5Cl2FN2O2. The lowest BCUT2D eigenvalue weighted by Gasteiger charge is -2.05. The number of hydrogen-bond acceptors (Lipinski definition) is 3. The number of carboxylic acids is 1. The van der Waals surface area contributed by atoms with Crippen LogP contribution in [0.5, 0.6) is 0 Å². The third-order valence-electron chi connectivity index (χ3n) is 2.19. The summed E-state index contributed by atoms with van der Waals surface area (Å²) in [5, 5.41) is 9.30. The Hall–Kier alpha value is -1.72. The van der Waals surface area contributed by atoms with E-state index in [1.54, 1.807) is 0 Å². The van der Waals surface area contributed by atoms with Gasteiger partial charge in [0, 0.05) is 5.56 Å². The summed E-state index contributed by atoms with van der Waals surface area (Å²) in [6.07, 6.45) is 0.977. The number of hydrogen-bond donors (Lipinski definition) is 1. The number of nitrogens with zero attached hydrogens (tertiary/aromatic N) is 2. The molecule has 1 heterocycles. The van der Waals surface area contributed by atoms with E-state index in [1.165, 1.54) is 18.2 Å². The van der Waals surface area contributed by atoms with E-state index in [9.17, 15) is 9.18 Å². The second kappa shape index (κ2) is 4.88. The molecule has 2 aromatic rings.